The Morgan fingerprint density at radius 3 is 2.67 bits per heavy atom. The van der Waals surface area contributed by atoms with Gasteiger partial charge in [0.1, 0.15) is 5.69 Å². The summed E-state index contributed by atoms with van der Waals surface area (Å²) in [5.41, 5.74) is 5.39. The van der Waals surface area contributed by atoms with E-state index < -0.39 is 9.85 Å². The highest BCUT2D eigenvalue weighted by Gasteiger charge is 2.50. The third kappa shape index (κ3) is 2.64. The third-order valence-electron chi connectivity index (χ3n) is 5.77. The summed E-state index contributed by atoms with van der Waals surface area (Å²) in [7, 11) is 0. The van der Waals surface area contributed by atoms with E-state index in [4.69, 9.17) is 0 Å². The zero-order chi connectivity index (χ0) is 19.2. The van der Waals surface area contributed by atoms with Crippen molar-refractivity contribution in [3.63, 3.8) is 0 Å². The number of hydrazone groups is 1. The Morgan fingerprint density at radius 2 is 1.93 bits per heavy atom. The first-order chi connectivity index (χ1) is 12.9. The highest BCUT2D eigenvalue weighted by molar-refractivity contribution is 6.10. The molecular formula is C19H18N4O4. The Hall–Kier alpha value is -3.29. The molecule has 1 N–H and O–H groups in total. The minimum Gasteiger partial charge on any atom is -0.271 e. The Labute approximate surface area is 155 Å². The van der Waals surface area contributed by atoms with Gasteiger partial charge in [0, 0.05) is 17.0 Å². The maximum atomic E-state index is 11.3. The van der Waals surface area contributed by atoms with Gasteiger partial charge in [-0.05, 0) is 30.4 Å². The molecule has 2 atom stereocenters. The smallest absolute Gasteiger partial charge is 0.271 e. The fourth-order valence-corrected chi connectivity index (χ4v) is 4.46. The highest BCUT2D eigenvalue weighted by atomic mass is 16.6. The molecule has 138 valence electrons. The number of nitrogens with zero attached hydrogens (tertiary/aromatic N) is 3. The third-order valence-corrected chi connectivity index (χ3v) is 5.77. The normalized spacial score (nSPS) is 24.5. The van der Waals surface area contributed by atoms with Crippen LogP contribution in [0.15, 0.2) is 47.6 Å². The molecule has 27 heavy (non-hydrogen) atoms. The van der Waals surface area contributed by atoms with E-state index in [1.54, 1.807) is 0 Å². The molecule has 1 saturated carbocycles. The van der Waals surface area contributed by atoms with Crippen LogP contribution in [0, 0.1) is 25.6 Å². The van der Waals surface area contributed by atoms with Crippen LogP contribution in [-0.4, -0.2) is 15.6 Å². The summed E-state index contributed by atoms with van der Waals surface area (Å²) < 4.78 is 0. The summed E-state index contributed by atoms with van der Waals surface area (Å²) in [6, 6.07) is 11.7. The minimum absolute atomic E-state index is 0.105. The maximum absolute atomic E-state index is 11.3. The van der Waals surface area contributed by atoms with Crippen molar-refractivity contribution in [2.24, 2.45) is 10.5 Å². The molecule has 0 saturated heterocycles. The van der Waals surface area contributed by atoms with E-state index in [0.717, 1.165) is 36.6 Å². The molecule has 2 aromatic carbocycles. The molecule has 0 amide bonds. The summed E-state index contributed by atoms with van der Waals surface area (Å²) >= 11 is 0. The molecule has 2 unspecified atom stereocenters. The van der Waals surface area contributed by atoms with Gasteiger partial charge in [0.15, 0.2) is 0 Å². The Bertz CT molecular complexity index is 987. The Kier molecular flexibility index (Phi) is 3.91. The van der Waals surface area contributed by atoms with E-state index in [1.165, 1.54) is 17.7 Å². The predicted octanol–water partition coefficient (Wildman–Crippen LogP) is 4.61. The molecular weight excluding hydrogens is 348 g/mol. The van der Waals surface area contributed by atoms with Gasteiger partial charge in [-0.15, -0.1) is 0 Å². The van der Waals surface area contributed by atoms with Gasteiger partial charge < -0.3 is 0 Å². The predicted molar refractivity (Wildman–Crippen MR) is 101 cm³/mol. The number of benzene rings is 2. The first-order valence-corrected chi connectivity index (χ1v) is 8.78. The van der Waals surface area contributed by atoms with Gasteiger partial charge in [-0.2, -0.15) is 5.10 Å². The van der Waals surface area contributed by atoms with Crippen molar-refractivity contribution in [3.05, 3.63) is 73.8 Å². The number of nitrogens with one attached hydrogen (secondary N) is 1. The maximum Gasteiger partial charge on any atom is 0.301 e. The van der Waals surface area contributed by atoms with Crippen LogP contribution in [0.4, 0.5) is 17.1 Å². The number of rotatable bonds is 4. The van der Waals surface area contributed by atoms with Crippen molar-refractivity contribution in [3.8, 4) is 0 Å². The van der Waals surface area contributed by atoms with Crippen LogP contribution < -0.4 is 5.43 Å². The molecule has 2 aliphatic carbocycles. The van der Waals surface area contributed by atoms with Crippen LogP contribution in [-0.2, 0) is 0 Å². The molecule has 2 aromatic rings. The number of fused-ring (bicyclic) bond motifs is 3. The second-order valence-corrected chi connectivity index (χ2v) is 7.24. The Morgan fingerprint density at radius 1 is 1.15 bits per heavy atom. The molecule has 2 aliphatic rings. The first-order valence-electron chi connectivity index (χ1n) is 8.78. The molecule has 1 fully saturated rings. The first kappa shape index (κ1) is 17.1. The van der Waals surface area contributed by atoms with Gasteiger partial charge in [-0.1, -0.05) is 37.6 Å². The van der Waals surface area contributed by atoms with E-state index >= 15 is 0 Å². The minimum atomic E-state index is -0.653. The largest absolute Gasteiger partial charge is 0.301 e. The van der Waals surface area contributed by atoms with Crippen molar-refractivity contribution in [2.75, 3.05) is 5.43 Å². The molecule has 0 bridgehead atoms. The second-order valence-electron chi connectivity index (χ2n) is 7.24. The zero-order valence-electron chi connectivity index (χ0n) is 14.7. The lowest BCUT2D eigenvalue weighted by atomic mass is 9.79. The lowest BCUT2D eigenvalue weighted by molar-refractivity contribution is -0.393. The van der Waals surface area contributed by atoms with Gasteiger partial charge in [0.2, 0.25) is 0 Å². The Balaban J connectivity index is 1.75. The fraction of sp³-hybridized carbons (Fsp3) is 0.316. The molecule has 8 heteroatoms. The standard InChI is InChI=1S/C19H18N4O4/c1-19-10-4-7-15(19)13-5-2-3-6-14(13)18(19)21-20-16-9-8-12(22(24)25)11-17(16)23(26)27/h2-3,5-6,8-9,11,15,20H,4,7,10H2,1H3/b21-18+. The molecule has 0 spiro atoms. The molecule has 0 aliphatic heterocycles. The number of nitro benzene ring substituents is 2. The highest BCUT2D eigenvalue weighted by Crippen LogP contribution is 2.57. The molecule has 0 radical (unpaired) electrons. The molecule has 0 aromatic heterocycles. The summed E-state index contributed by atoms with van der Waals surface area (Å²) in [5, 5.41) is 26.8. The summed E-state index contributed by atoms with van der Waals surface area (Å²) in [5.74, 6) is 0.404. The van der Waals surface area contributed by atoms with Crippen LogP contribution >= 0.6 is 0 Å². The summed E-state index contributed by atoms with van der Waals surface area (Å²) in [4.78, 5) is 20.9. The van der Waals surface area contributed by atoms with Crippen molar-refractivity contribution in [1.29, 1.82) is 0 Å². The second kappa shape index (κ2) is 6.15. The number of anilines is 1. The van der Waals surface area contributed by atoms with E-state index in [0.29, 0.717) is 5.92 Å². The molecule has 4 rings (SSSR count). The van der Waals surface area contributed by atoms with Crippen molar-refractivity contribution >= 4 is 22.8 Å². The lowest BCUT2D eigenvalue weighted by Crippen LogP contribution is -2.25. The van der Waals surface area contributed by atoms with Gasteiger partial charge in [-0.3, -0.25) is 25.7 Å². The number of hydrogen-bond donors (Lipinski definition) is 1. The topological polar surface area (TPSA) is 111 Å². The average Bonchev–Trinajstić information content (AvgIpc) is 3.13. The van der Waals surface area contributed by atoms with Crippen LogP contribution in [0.2, 0.25) is 0 Å². The van der Waals surface area contributed by atoms with Gasteiger partial charge >= 0.3 is 5.69 Å². The van der Waals surface area contributed by atoms with Gasteiger partial charge in [0.25, 0.3) is 5.69 Å². The van der Waals surface area contributed by atoms with Gasteiger partial charge in [-0.25, -0.2) is 0 Å². The molecule has 8 nitrogen and oxygen atoms in total. The van der Waals surface area contributed by atoms with E-state index in [-0.39, 0.29) is 22.5 Å². The summed E-state index contributed by atoms with van der Waals surface area (Å²) in [6.07, 6.45) is 3.23. The molecule has 0 heterocycles. The van der Waals surface area contributed by atoms with E-state index in [9.17, 15) is 20.2 Å². The zero-order valence-corrected chi connectivity index (χ0v) is 14.7. The fourth-order valence-electron chi connectivity index (χ4n) is 4.46. The monoisotopic (exact) mass is 366 g/mol. The van der Waals surface area contributed by atoms with Crippen molar-refractivity contribution in [2.45, 2.75) is 32.1 Å². The van der Waals surface area contributed by atoms with Crippen molar-refractivity contribution < 1.29 is 9.85 Å². The number of nitro groups is 2. The SMILES string of the molecule is CC12CCCC1c1ccccc1/C2=N\Nc1ccc([N+](=O)[O-])cc1[N+](=O)[O-]. The lowest BCUT2D eigenvalue weighted by Gasteiger charge is -2.25. The number of non-ortho nitro benzene ring substituents is 1. The van der Waals surface area contributed by atoms with Gasteiger partial charge in [0.05, 0.1) is 21.6 Å². The van der Waals surface area contributed by atoms with Crippen LogP contribution in [0.3, 0.4) is 0 Å². The van der Waals surface area contributed by atoms with Crippen LogP contribution in [0.25, 0.3) is 0 Å². The van der Waals surface area contributed by atoms with Crippen LogP contribution in [0.5, 0.6) is 0 Å². The van der Waals surface area contributed by atoms with Crippen LogP contribution in [0.1, 0.15) is 43.2 Å². The van der Waals surface area contributed by atoms with E-state index in [1.807, 2.05) is 18.2 Å². The summed E-state index contributed by atoms with van der Waals surface area (Å²) in [6.45, 7) is 2.19. The average molecular weight is 366 g/mol. The van der Waals surface area contributed by atoms with Crippen molar-refractivity contribution in [1.82, 2.24) is 0 Å². The van der Waals surface area contributed by atoms with E-state index in [2.05, 4.69) is 23.5 Å². The number of hydrogen-bond acceptors (Lipinski definition) is 6. The quantitative estimate of drug-likeness (QED) is 0.627.